The van der Waals surface area contributed by atoms with Gasteiger partial charge in [-0.05, 0) is 6.92 Å². The zero-order chi connectivity index (χ0) is 9.78. The van der Waals surface area contributed by atoms with Crippen molar-refractivity contribution in [3.63, 3.8) is 0 Å². The molecule has 0 saturated carbocycles. The van der Waals surface area contributed by atoms with E-state index in [4.69, 9.17) is 5.11 Å². The van der Waals surface area contributed by atoms with Crippen LogP contribution in [-0.4, -0.2) is 43.2 Å². The summed E-state index contributed by atoms with van der Waals surface area (Å²) in [6.07, 6.45) is 2.59. The van der Waals surface area contributed by atoms with Gasteiger partial charge in [-0.25, -0.2) is 4.79 Å². The molecule has 0 radical (unpaired) electrons. The second-order valence-electron chi connectivity index (χ2n) is 3.99. The predicted octanol–water partition coefficient (Wildman–Crippen LogP) is 1.11. The smallest absolute Gasteiger partial charge is 0.330 e. The molecule has 0 saturated heterocycles. The van der Waals surface area contributed by atoms with Gasteiger partial charge in [0.15, 0.2) is 0 Å². The Balaban J connectivity index is 3.83. The van der Waals surface area contributed by atoms with Gasteiger partial charge >= 0.3 is 5.97 Å². The maximum absolute atomic E-state index is 10.4. The molecule has 0 aromatic carbocycles. The fourth-order valence-corrected chi connectivity index (χ4v) is 0.756. The summed E-state index contributed by atoms with van der Waals surface area (Å²) in [6.45, 7) is 2.59. The zero-order valence-electron chi connectivity index (χ0n) is 8.29. The number of hydrogen-bond donors (Lipinski definition) is 1. The first-order chi connectivity index (χ1) is 5.33. The minimum absolute atomic E-state index is 0.434. The van der Waals surface area contributed by atoms with E-state index in [2.05, 4.69) is 21.1 Å². The summed E-state index contributed by atoms with van der Waals surface area (Å²) in [4.78, 5) is 10.4. The fraction of sp³-hybridized carbons (Fsp3) is 0.667. The standard InChI is InChI=1S/C9H17NO2/c1-8(9(11)12)6-5-7-10(2,3)4/h6H,5,7H2,1-4H3/p+1/b8-6+. The Bertz CT molecular complexity index is 189. The number of carboxylic acid groups (broad SMARTS) is 1. The molecular formula is C9H18NO2+. The van der Waals surface area contributed by atoms with Crippen LogP contribution in [0.25, 0.3) is 0 Å². The number of quaternary nitrogens is 1. The van der Waals surface area contributed by atoms with E-state index in [9.17, 15) is 4.79 Å². The molecule has 0 amide bonds. The van der Waals surface area contributed by atoms with Crippen LogP contribution in [0.4, 0.5) is 0 Å². The minimum atomic E-state index is -0.823. The average Bonchev–Trinajstić information content (AvgIpc) is 1.84. The van der Waals surface area contributed by atoms with Crippen LogP contribution in [0.5, 0.6) is 0 Å². The van der Waals surface area contributed by atoms with Crippen molar-refractivity contribution in [2.24, 2.45) is 0 Å². The summed E-state index contributed by atoms with van der Waals surface area (Å²) in [6, 6.07) is 0. The second-order valence-corrected chi connectivity index (χ2v) is 3.99. The van der Waals surface area contributed by atoms with Crippen molar-refractivity contribution in [1.29, 1.82) is 0 Å². The molecule has 3 heteroatoms. The molecule has 0 rings (SSSR count). The van der Waals surface area contributed by atoms with E-state index in [1.165, 1.54) is 0 Å². The molecule has 1 N–H and O–H groups in total. The topological polar surface area (TPSA) is 37.3 Å². The van der Waals surface area contributed by atoms with E-state index < -0.39 is 5.97 Å². The van der Waals surface area contributed by atoms with Crippen LogP contribution >= 0.6 is 0 Å². The van der Waals surface area contributed by atoms with Gasteiger partial charge in [-0.1, -0.05) is 6.08 Å². The Morgan fingerprint density at radius 1 is 1.42 bits per heavy atom. The van der Waals surface area contributed by atoms with Crippen molar-refractivity contribution in [1.82, 2.24) is 0 Å². The van der Waals surface area contributed by atoms with Gasteiger partial charge in [0.2, 0.25) is 0 Å². The predicted molar refractivity (Wildman–Crippen MR) is 48.9 cm³/mol. The molecule has 0 unspecified atom stereocenters. The lowest BCUT2D eigenvalue weighted by Gasteiger charge is -2.22. The average molecular weight is 172 g/mol. The monoisotopic (exact) mass is 172 g/mol. The molecule has 0 aliphatic heterocycles. The molecule has 0 aliphatic carbocycles. The van der Waals surface area contributed by atoms with Gasteiger partial charge in [0.1, 0.15) is 0 Å². The largest absolute Gasteiger partial charge is 0.478 e. The van der Waals surface area contributed by atoms with Crippen LogP contribution in [0, 0.1) is 0 Å². The number of hydrogen-bond acceptors (Lipinski definition) is 1. The van der Waals surface area contributed by atoms with E-state index in [1.807, 2.05) is 0 Å². The van der Waals surface area contributed by atoms with Gasteiger partial charge in [0.25, 0.3) is 0 Å². The number of carbonyl (C=O) groups is 1. The van der Waals surface area contributed by atoms with Crippen LogP contribution in [-0.2, 0) is 4.79 Å². The first-order valence-corrected chi connectivity index (χ1v) is 4.03. The lowest BCUT2D eigenvalue weighted by Crippen LogP contribution is -2.34. The lowest BCUT2D eigenvalue weighted by atomic mass is 10.2. The zero-order valence-corrected chi connectivity index (χ0v) is 8.29. The SMILES string of the molecule is C/C(=C\CC[N+](C)(C)C)C(=O)O. The third-order valence-corrected chi connectivity index (χ3v) is 1.59. The van der Waals surface area contributed by atoms with Crippen molar-refractivity contribution in [3.05, 3.63) is 11.6 Å². The Morgan fingerprint density at radius 3 is 2.25 bits per heavy atom. The molecule has 0 fully saturated rings. The maximum atomic E-state index is 10.4. The van der Waals surface area contributed by atoms with E-state index >= 15 is 0 Å². The van der Waals surface area contributed by atoms with Crippen molar-refractivity contribution >= 4 is 5.97 Å². The molecule has 3 nitrogen and oxygen atoms in total. The van der Waals surface area contributed by atoms with Gasteiger partial charge in [-0.2, -0.15) is 0 Å². The summed E-state index contributed by atoms with van der Waals surface area (Å²) >= 11 is 0. The molecule has 0 spiro atoms. The highest BCUT2D eigenvalue weighted by molar-refractivity contribution is 5.85. The normalized spacial score (nSPS) is 13.2. The van der Waals surface area contributed by atoms with Gasteiger partial charge < -0.3 is 9.59 Å². The Labute approximate surface area is 73.9 Å². The maximum Gasteiger partial charge on any atom is 0.330 e. The highest BCUT2D eigenvalue weighted by Gasteiger charge is 2.05. The summed E-state index contributed by atoms with van der Waals surface area (Å²) in [5.41, 5.74) is 0.434. The van der Waals surface area contributed by atoms with Crippen LogP contribution < -0.4 is 0 Å². The summed E-state index contributed by atoms with van der Waals surface area (Å²) < 4.78 is 0.864. The first kappa shape index (κ1) is 11.2. The molecule has 0 aromatic rings. The second kappa shape index (κ2) is 4.26. The van der Waals surface area contributed by atoms with Crippen molar-refractivity contribution < 1.29 is 14.4 Å². The van der Waals surface area contributed by atoms with Crippen molar-refractivity contribution in [2.45, 2.75) is 13.3 Å². The quantitative estimate of drug-likeness (QED) is 0.509. The Kier molecular flexibility index (Phi) is 3.96. The molecule has 12 heavy (non-hydrogen) atoms. The third-order valence-electron chi connectivity index (χ3n) is 1.59. The first-order valence-electron chi connectivity index (χ1n) is 4.03. The lowest BCUT2D eigenvalue weighted by molar-refractivity contribution is -0.869. The number of aliphatic carboxylic acids is 1. The van der Waals surface area contributed by atoms with Crippen molar-refractivity contribution in [2.75, 3.05) is 27.7 Å². The van der Waals surface area contributed by atoms with Gasteiger partial charge in [-0.3, -0.25) is 0 Å². The van der Waals surface area contributed by atoms with Crippen LogP contribution in [0.2, 0.25) is 0 Å². The Morgan fingerprint density at radius 2 is 1.92 bits per heavy atom. The highest BCUT2D eigenvalue weighted by atomic mass is 16.4. The summed E-state index contributed by atoms with van der Waals surface area (Å²) in [7, 11) is 6.26. The molecule has 0 bridgehead atoms. The molecule has 0 aliphatic rings. The molecule has 0 heterocycles. The minimum Gasteiger partial charge on any atom is -0.478 e. The van der Waals surface area contributed by atoms with E-state index in [-0.39, 0.29) is 0 Å². The van der Waals surface area contributed by atoms with Crippen LogP contribution in [0.3, 0.4) is 0 Å². The van der Waals surface area contributed by atoms with Gasteiger partial charge in [-0.15, -0.1) is 0 Å². The summed E-state index contributed by atoms with van der Waals surface area (Å²) in [5, 5.41) is 8.54. The molecular weight excluding hydrogens is 154 g/mol. The van der Waals surface area contributed by atoms with Crippen molar-refractivity contribution in [3.8, 4) is 0 Å². The Hall–Kier alpha value is -0.830. The van der Waals surface area contributed by atoms with Gasteiger partial charge in [0, 0.05) is 12.0 Å². The third kappa shape index (κ3) is 5.92. The van der Waals surface area contributed by atoms with E-state index in [1.54, 1.807) is 13.0 Å². The fourth-order valence-electron chi connectivity index (χ4n) is 0.756. The van der Waals surface area contributed by atoms with E-state index in [0.717, 1.165) is 17.4 Å². The van der Waals surface area contributed by atoms with E-state index in [0.29, 0.717) is 5.57 Å². The number of nitrogens with zero attached hydrogens (tertiary/aromatic N) is 1. The number of rotatable bonds is 4. The summed E-state index contributed by atoms with van der Waals surface area (Å²) in [5.74, 6) is -0.823. The van der Waals surface area contributed by atoms with Crippen LogP contribution in [0.15, 0.2) is 11.6 Å². The molecule has 0 aromatic heterocycles. The molecule has 70 valence electrons. The molecule has 0 atom stereocenters. The highest BCUT2D eigenvalue weighted by Crippen LogP contribution is 1.99. The van der Waals surface area contributed by atoms with Crippen LogP contribution in [0.1, 0.15) is 13.3 Å². The van der Waals surface area contributed by atoms with Gasteiger partial charge in [0.05, 0.1) is 27.7 Å². The number of carboxylic acids is 1.